The topological polar surface area (TPSA) is 31.2 Å². The first kappa shape index (κ1) is 48.9. The van der Waals surface area contributed by atoms with E-state index < -0.39 is 0 Å². The van der Waals surface area contributed by atoms with Crippen molar-refractivity contribution in [2.75, 3.05) is 4.90 Å². The van der Waals surface area contributed by atoms with E-state index in [0.717, 1.165) is 84.4 Å². The van der Waals surface area contributed by atoms with Crippen molar-refractivity contribution in [1.29, 1.82) is 0 Å². The second-order valence-corrected chi connectivity index (χ2v) is 24.2. The first-order valence-corrected chi connectivity index (χ1v) is 30.5. The second kappa shape index (κ2) is 18.6. The van der Waals surface area contributed by atoms with Crippen LogP contribution in [0.5, 0.6) is 0 Å². The molecule has 0 amide bonds. The van der Waals surface area contributed by atoms with Gasteiger partial charge in [0, 0.05) is 77.5 Å². The minimum Gasteiger partial charge on any atom is -0.454 e. The molecule has 0 saturated carbocycles. The number of aromatic nitrogens is 3. The number of benzene rings is 13. The van der Waals surface area contributed by atoms with Gasteiger partial charge < -0.3 is 23.0 Å². The minimum atomic E-state index is -0.272. The van der Waals surface area contributed by atoms with Gasteiger partial charge in [0.15, 0.2) is 5.58 Å². The van der Waals surface area contributed by atoms with Crippen LogP contribution < -0.4 is 4.90 Å². The summed E-state index contributed by atoms with van der Waals surface area (Å²) in [6.07, 6.45) is 10.1. The highest BCUT2D eigenvalue weighted by molar-refractivity contribution is 6.19. The summed E-state index contributed by atoms with van der Waals surface area (Å²) in [7, 11) is 0. The Labute approximate surface area is 507 Å². The van der Waals surface area contributed by atoms with Crippen LogP contribution in [0.15, 0.2) is 308 Å². The van der Waals surface area contributed by atoms with Crippen LogP contribution in [0, 0.1) is 0 Å². The van der Waals surface area contributed by atoms with E-state index in [4.69, 9.17) is 4.42 Å². The van der Waals surface area contributed by atoms with Crippen LogP contribution in [0.1, 0.15) is 18.9 Å². The fourth-order valence-corrected chi connectivity index (χ4v) is 15.4. The van der Waals surface area contributed by atoms with Crippen molar-refractivity contribution >= 4 is 109 Å². The van der Waals surface area contributed by atoms with Gasteiger partial charge in [-0.05, 0) is 184 Å². The fraction of sp³-hybridized carbons (Fsp3) is 0.0361. The lowest BCUT2D eigenvalue weighted by atomic mass is 9.74. The summed E-state index contributed by atoms with van der Waals surface area (Å²) in [5.41, 5.74) is 22.6. The Hall–Kier alpha value is -11.4. The number of anilines is 2. The van der Waals surface area contributed by atoms with Crippen molar-refractivity contribution < 1.29 is 4.42 Å². The van der Waals surface area contributed by atoms with Crippen LogP contribution in [0.25, 0.3) is 148 Å². The molecule has 0 saturated heterocycles. The van der Waals surface area contributed by atoms with Gasteiger partial charge in [0.05, 0.1) is 39.0 Å². The summed E-state index contributed by atoms with van der Waals surface area (Å²) in [6.45, 7) is 2.46. The third-order valence-corrected chi connectivity index (χ3v) is 19.4. The number of nitrogens with zero attached hydrogens (tertiary/aromatic N) is 4. The smallest absolute Gasteiger partial charge is 0.159 e. The molecule has 13 aromatic carbocycles. The molecule has 0 radical (unpaired) electrons. The van der Waals surface area contributed by atoms with Crippen LogP contribution in [0.4, 0.5) is 11.4 Å². The summed E-state index contributed by atoms with van der Waals surface area (Å²) in [6, 6.07) is 101. The number of allylic oxidation sites excluding steroid dienone is 4. The van der Waals surface area contributed by atoms with E-state index in [0.29, 0.717) is 0 Å². The molecule has 4 aromatic heterocycles. The molecule has 17 aromatic rings. The average Bonchev–Trinajstić information content (AvgIpc) is 2.27. The molecule has 5 nitrogen and oxygen atoms in total. The zero-order valence-electron chi connectivity index (χ0n) is 48.2. The number of hydrogen-bond acceptors (Lipinski definition) is 2. The first-order valence-electron chi connectivity index (χ1n) is 30.5. The number of hydrogen-bond donors (Lipinski definition) is 0. The molecule has 1 aliphatic carbocycles. The average molecular weight is 1120 g/mol. The van der Waals surface area contributed by atoms with Gasteiger partial charge >= 0.3 is 0 Å². The molecular weight excluding hydrogens is 1070 g/mol. The number of fused-ring (bicyclic) bond motifs is 18. The summed E-state index contributed by atoms with van der Waals surface area (Å²) < 4.78 is 14.0. The standard InChI is InChI=1S/C83H54N4O/c1-83-43-17-16-33-79(83)86(81-67-28-11-9-24-63(67)62-23-8-10-27-66(62)80(81)83)61-47-57(54-34-38-75-69(49-54)64-25-12-14-30-73(64)85(75)60-37-40-72-56(46-60)42-44-84(72)59-21-6-3-7-22-59)45-58(48-61)55-35-39-76-70(50-55)65-26-13-15-31-74(65)87(76)77-32-18-29-68-71-51-53(52-19-4-2-5-20-52)36-41-78(71)88-82(68)77/h2-42,44-51H,43H2,1H3. The van der Waals surface area contributed by atoms with E-state index in [1.807, 2.05) is 0 Å². The van der Waals surface area contributed by atoms with Crippen LogP contribution in [0.2, 0.25) is 0 Å². The van der Waals surface area contributed by atoms with Crippen molar-refractivity contribution in [3.05, 3.63) is 309 Å². The van der Waals surface area contributed by atoms with Gasteiger partial charge in [0.1, 0.15) is 5.58 Å². The normalized spacial score (nSPS) is 14.9. The second-order valence-electron chi connectivity index (χ2n) is 24.2. The third-order valence-electron chi connectivity index (χ3n) is 19.4. The predicted octanol–water partition coefficient (Wildman–Crippen LogP) is 22.3. The largest absolute Gasteiger partial charge is 0.454 e. The van der Waals surface area contributed by atoms with Gasteiger partial charge in [-0.15, -0.1) is 0 Å². The lowest BCUT2D eigenvalue weighted by Gasteiger charge is -2.32. The fourth-order valence-electron chi connectivity index (χ4n) is 15.4. The molecule has 2 aliphatic rings. The molecule has 88 heavy (non-hydrogen) atoms. The Bertz CT molecular complexity index is 5870. The quantitative estimate of drug-likeness (QED) is 0.149. The molecular formula is C83H54N4O. The number of para-hydroxylation sites is 4. The number of rotatable bonds is 7. The summed E-state index contributed by atoms with van der Waals surface area (Å²) >= 11 is 0. The van der Waals surface area contributed by atoms with Crippen LogP contribution in [0.3, 0.4) is 0 Å². The molecule has 5 heteroatoms. The van der Waals surface area contributed by atoms with Gasteiger partial charge in [-0.2, -0.15) is 0 Å². The zero-order chi connectivity index (χ0) is 57.8. The van der Waals surface area contributed by atoms with Gasteiger partial charge in [0.2, 0.25) is 0 Å². The summed E-state index contributed by atoms with van der Waals surface area (Å²) in [5.74, 6) is 0. The maximum absolute atomic E-state index is 6.89. The van der Waals surface area contributed by atoms with Gasteiger partial charge in [0.25, 0.3) is 0 Å². The Morgan fingerprint density at radius 3 is 1.67 bits per heavy atom. The predicted molar refractivity (Wildman–Crippen MR) is 368 cm³/mol. The van der Waals surface area contributed by atoms with E-state index in [1.165, 1.54) is 93.1 Å². The molecule has 0 fully saturated rings. The maximum atomic E-state index is 6.89. The molecule has 0 N–H and O–H groups in total. The van der Waals surface area contributed by atoms with E-state index in [-0.39, 0.29) is 5.41 Å². The molecule has 412 valence electrons. The Kier molecular flexibility index (Phi) is 10.3. The van der Waals surface area contributed by atoms with Crippen molar-refractivity contribution in [2.45, 2.75) is 18.8 Å². The highest BCUT2D eigenvalue weighted by atomic mass is 16.3. The minimum absolute atomic E-state index is 0.272. The molecule has 5 heterocycles. The highest BCUT2D eigenvalue weighted by Gasteiger charge is 2.47. The Morgan fingerprint density at radius 1 is 0.364 bits per heavy atom. The van der Waals surface area contributed by atoms with Crippen LogP contribution in [-0.4, -0.2) is 13.7 Å². The van der Waals surface area contributed by atoms with Gasteiger partial charge in [-0.25, -0.2) is 0 Å². The van der Waals surface area contributed by atoms with Gasteiger partial charge in [-0.1, -0.05) is 176 Å². The van der Waals surface area contributed by atoms with Crippen molar-refractivity contribution in [2.24, 2.45) is 0 Å². The van der Waals surface area contributed by atoms with E-state index in [2.05, 4.69) is 323 Å². The van der Waals surface area contributed by atoms with E-state index in [1.54, 1.807) is 0 Å². The lowest BCUT2D eigenvalue weighted by Crippen LogP contribution is -2.27. The summed E-state index contributed by atoms with van der Waals surface area (Å²) in [5, 5.41) is 13.3. The van der Waals surface area contributed by atoms with Crippen molar-refractivity contribution in [1.82, 2.24) is 13.7 Å². The lowest BCUT2D eigenvalue weighted by molar-refractivity contribution is 0.581. The highest BCUT2D eigenvalue weighted by Crippen LogP contribution is 2.60. The Morgan fingerprint density at radius 2 is 0.932 bits per heavy atom. The molecule has 0 spiro atoms. The SMILES string of the molecule is CC12CC=CC=C1N(c1cc(-c3ccc4c(c3)c3ccccc3n4-c3ccc4c(ccn4-c4ccccc4)c3)cc(-c3ccc4c(c3)c3ccccc3n4-c3cccc4c3oc3ccc(-c5ccccc5)cc34)c1)c1c2c2ccccc2c2ccccc12. The van der Waals surface area contributed by atoms with E-state index in [9.17, 15) is 0 Å². The first-order chi connectivity index (χ1) is 43.5. The van der Waals surface area contributed by atoms with Crippen molar-refractivity contribution in [3.8, 4) is 50.4 Å². The Balaban J connectivity index is 0.821. The summed E-state index contributed by atoms with van der Waals surface area (Å²) in [4.78, 5) is 2.62. The molecule has 1 aliphatic heterocycles. The monoisotopic (exact) mass is 1120 g/mol. The van der Waals surface area contributed by atoms with Crippen LogP contribution in [-0.2, 0) is 5.41 Å². The molecule has 1 atom stereocenters. The van der Waals surface area contributed by atoms with E-state index >= 15 is 0 Å². The van der Waals surface area contributed by atoms with Crippen LogP contribution >= 0.6 is 0 Å². The number of furan rings is 1. The van der Waals surface area contributed by atoms with Gasteiger partial charge in [-0.3, -0.25) is 0 Å². The zero-order valence-corrected chi connectivity index (χ0v) is 48.2. The molecule has 0 bridgehead atoms. The molecule has 1 unspecified atom stereocenters. The third kappa shape index (κ3) is 7.04. The maximum Gasteiger partial charge on any atom is 0.159 e. The molecule has 19 rings (SSSR count). The van der Waals surface area contributed by atoms with Crippen molar-refractivity contribution in [3.63, 3.8) is 0 Å².